The Labute approximate surface area is 90.6 Å². The highest BCUT2D eigenvalue weighted by atomic mass is 19.4. The number of aliphatic hydroxyl groups is 1. The van der Waals surface area contributed by atoms with Crippen molar-refractivity contribution in [1.82, 2.24) is 0 Å². The van der Waals surface area contributed by atoms with Gasteiger partial charge in [0.15, 0.2) is 5.60 Å². The Bertz CT molecular complexity index is 350. The van der Waals surface area contributed by atoms with Crippen LogP contribution in [-0.2, 0) is 5.60 Å². The van der Waals surface area contributed by atoms with Crippen molar-refractivity contribution in [3.05, 3.63) is 29.8 Å². The molecule has 3 N–H and O–H groups in total. The first-order chi connectivity index (χ1) is 7.35. The highest BCUT2D eigenvalue weighted by Crippen LogP contribution is 2.38. The van der Waals surface area contributed by atoms with Gasteiger partial charge < -0.3 is 15.6 Å². The van der Waals surface area contributed by atoms with Crippen LogP contribution in [0.25, 0.3) is 0 Å². The Balaban J connectivity index is 3.13. The number of ether oxygens (including phenoxy) is 1. The first-order valence-corrected chi connectivity index (χ1v) is 4.49. The highest BCUT2D eigenvalue weighted by molar-refractivity contribution is 5.32. The second-order valence-electron chi connectivity index (χ2n) is 3.29. The molecule has 0 radical (unpaired) electrons. The van der Waals surface area contributed by atoms with Crippen LogP contribution in [0.3, 0.4) is 0 Å². The van der Waals surface area contributed by atoms with Crippen molar-refractivity contribution in [2.75, 3.05) is 13.7 Å². The number of methoxy groups -OCH3 is 1. The highest BCUT2D eigenvalue weighted by Gasteiger charge is 2.53. The van der Waals surface area contributed by atoms with E-state index in [9.17, 15) is 18.3 Å². The molecule has 0 unspecified atom stereocenters. The molecule has 0 aliphatic heterocycles. The molecule has 0 amide bonds. The summed E-state index contributed by atoms with van der Waals surface area (Å²) < 4.78 is 42.6. The van der Waals surface area contributed by atoms with Gasteiger partial charge in [0.1, 0.15) is 5.75 Å². The fourth-order valence-electron chi connectivity index (χ4n) is 1.26. The standard InChI is InChI=1S/C10H12F3NO2/c1-16-8-4-2-7(3-5-8)9(15,6-14)10(11,12)13/h2-5,15H,6,14H2,1H3/t9-/m0/s1. The minimum Gasteiger partial charge on any atom is -0.497 e. The minimum absolute atomic E-state index is 0.302. The van der Waals surface area contributed by atoms with Gasteiger partial charge in [0.05, 0.1) is 7.11 Å². The number of benzene rings is 1. The molecule has 0 saturated carbocycles. The summed E-state index contributed by atoms with van der Waals surface area (Å²) in [6.45, 7) is -0.928. The van der Waals surface area contributed by atoms with Crippen molar-refractivity contribution in [3.63, 3.8) is 0 Å². The normalized spacial score (nSPS) is 15.6. The molecule has 0 aromatic heterocycles. The van der Waals surface area contributed by atoms with E-state index in [1.807, 2.05) is 0 Å². The van der Waals surface area contributed by atoms with E-state index in [1.54, 1.807) is 0 Å². The molecule has 0 fully saturated rings. The number of nitrogens with two attached hydrogens (primary N) is 1. The third kappa shape index (κ3) is 2.12. The van der Waals surface area contributed by atoms with E-state index in [4.69, 9.17) is 10.5 Å². The minimum atomic E-state index is -4.81. The zero-order valence-electron chi connectivity index (χ0n) is 8.58. The third-order valence-corrected chi connectivity index (χ3v) is 2.33. The van der Waals surface area contributed by atoms with Crippen molar-refractivity contribution in [2.24, 2.45) is 5.73 Å². The summed E-state index contributed by atoms with van der Waals surface area (Å²) >= 11 is 0. The zero-order chi connectivity index (χ0) is 12.4. The van der Waals surface area contributed by atoms with E-state index < -0.39 is 18.3 Å². The predicted molar refractivity (Wildman–Crippen MR) is 52.0 cm³/mol. The molecule has 0 spiro atoms. The summed E-state index contributed by atoms with van der Waals surface area (Å²) in [5.74, 6) is 0.408. The zero-order valence-corrected chi connectivity index (χ0v) is 8.58. The average Bonchev–Trinajstić information content (AvgIpc) is 2.26. The van der Waals surface area contributed by atoms with Crippen LogP contribution in [0, 0.1) is 0 Å². The van der Waals surface area contributed by atoms with Crippen LogP contribution in [0.2, 0.25) is 0 Å². The van der Waals surface area contributed by atoms with E-state index in [1.165, 1.54) is 19.2 Å². The van der Waals surface area contributed by atoms with Crippen LogP contribution < -0.4 is 10.5 Å². The largest absolute Gasteiger partial charge is 0.497 e. The van der Waals surface area contributed by atoms with Gasteiger partial charge >= 0.3 is 6.18 Å². The molecule has 0 aliphatic rings. The molecule has 90 valence electrons. The third-order valence-electron chi connectivity index (χ3n) is 2.33. The van der Waals surface area contributed by atoms with E-state index in [-0.39, 0.29) is 5.56 Å². The van der Waals surface area contributed by atoms with Crippen molar-refractivity contribution < 1.29 is 23.0 Å². The van der Waals surface area contributed by atoms with Crippen LogP contribution >= 0.6 is 0 Å². The van der Waals surface area contributed by atoms with Gasteiger partial charge in [0.2, 0.25) is 0 Å². The van der Waals surface area contributed by atoms with Gasteiger partial charge in [0.25, 0.3) is 0 Å². The fourth-order valence-corrected chi connectivity index (χ4v) is 1.26. The molecule has 6 heteroatoms. The molecule has 0 saturated heterocycles. The number of alkyl halides is 3. The van der Waals surface area contributed by atoms with Crippen molar-refractivity contribution >= 4 is 0 Å². The van der Waals surface area contributed by atoms with Gasteiger partial charge in [-0.15, -0.1) is 0 Å². The van der Waals surface area contributed by atoms with E-state index >= 15 is 0 Å². The summed E-state index contributed by atoms with van der Waals surface area (Å²) in [5, 5.41) is 9.50. The molecular weight excluding hydrogens is 223 g/mol. The molecule has 1 atom stereocenters. The fraction of sp³-hybridized carbons (Fsp3) is 0.400. The van der Waals surface area contributed by atoms with Crippen LogP contribution in [0.15, 0.2) is 24.3 Å². The van der Waals surface area contributed by atoms with E-state index in [0.29, 0.717) is 5.75 Å². The number of hydrogen-bond acceptors (Lipinski definition) is 3. The maximum Gasteiger partial charge on any atom is 0.422 e. The SMILES string of the molecule is COc1ccc([C@@](O)(CN)C(F)(F)F)cc1. The summed E-state index contributed by atoms with van der Waals surface area (Å²) in [6.07, 6.45) is -4.81. The van der Waals surface area contributed by atoms with Crippen LogP contribution in [0.1, 0.15) is 5.56 Å². The number of hydrogen-bond donors (Lipinski definition) is 2. The van der Waals surface area contributed by atoms with Gasteiger partial charge in [-0.3, -0.25) is 0 Å². The maximum absolute atomic E-state index is 12.6. The first-order valence-electron chi connectivity index (χ1n) is 4.49. The molecule has 0 heterocycles. The molecule has 0 aliphatic carbocycles. The molecule has 0 bridgehead atoms. The molecular formula is C10H12F3NO2. The number of halogens is 3. The second-order valence-corrected chi connectivity index (χ2v) is 3.29. The van der Waals surface area contributed by atoms with Crippen LogP contribution in [0.5, 0.6) is 5.75 Å². The Morgan fingerprint density at radius 1 is 1.25 bits per heavy atom. The number of rotatable bonds is 3. The molecule has 3 nitrogen and oxygen atoms in total. The van der Waals surface area contributed by atoms with Crippen molar-refractivity contribution in [3.8, 4) is 5.75 Å². The van der Waals surface area contributed by atoms with Gasteiger partial charge in [-0.1, -0.05) is 12.1 Å². The lowest BCUT2D eigenvalue weighted by atomic mass is 9.93. The molecule has 1 rings (SSSR count). The van der Waals surface area contributed by atoms with Gasteiger partial charge in [-0.2, -0.15) is 13.2 Å². The summed E-state index contributed by atoms with van der Waals surface area (Å²) in [7, 11) is 1.40. The lowest BCUT2D eigenvalue weighted by Gasteiger charge is -2.29. The lowest BCUT2D eigenvalue weighted by Crippen LogP contribution is -2.48. The Morgan fingerprint density at radius 2 is 1.75 bits per heavy atom. The van der Waals surface area contributed by atoms with Crippen LogP contribution in [-0.4, -0.2) is 24.9 Å². The molecule has 1 aromatic rings. The van der Waals surface area contributed by atoms with E-state index in [0.717, 1.165) is 12.1 Å². The van der Waals surface area contributed by atoms with Gasteiger partial charge in [0, 0.05) is 6.54 Å². The van der Waals surface area contributed by atoms with Gasteiger partial charge in [-0.05, 0) is 17.7 Å². The lowest BCUT2D eigenvalue weighted by molar-refractivity contribution is -0.262. The summed E-state index contributed by atoms with van der Waals surface area (Å²) in [6, 6.07) is 4.95. The van der Waals surface area contributed by atoms with E-state index in [2.05, 4.69) is 0 Å². The van der Waals surface area contributed by atoms with Crippen LogP contribution in [0.4, 0.5) is 13.2 Å². The predicted octanol–water partition coefficient (Wildman–Crippen LogP) is 1.40. The Kier molecular flexibility index (Phi) is 3.44. The molecule has 1 aromatic carbocycles. The summed E-state index contributed by atoms with van der Waals surface area (Å²) in [4.78, 5) is 0. The quantitative estimate of drug-likeness (QED) is 0.832. The van der Waals surface area contributed by atoms with Gasteiger partial charge in [-0.25, -0.2) is 0 Å². The molecule has 16 heavy (non-hydrogen) atoms. The maximum atomic E-state index is 12.6. The van der Waals surface area contributed by atoms with Crippen molar-refractivity contribution in [2.45, 2.75) is 11.8 Å². The average molecular weight is 235 g/mol. The Hall–Kier alpha value is -1.27. The summed E-state index contributed by atoms with van der Waals surface area (Å²) in [5.41, 5.74) is 1.68. The first kappa shape index (κ1) is 12.8. The second kappa shape index (κ2) is 4.31. The monoisotopic (exact) mass is 235 g/mol. The smallest absolute Gasteiger partial charge is 0.422 e. The topological polar surface area (TPSA) is 55.5 Å². The Morgan fingerprint density at radius 3 is 2.06 bits per heavy atom. The van der Waals surface area contributed by atoms with Crippen molar-refractivity contribution in [1.29, 1.82) is 0 Å².